The molecule has 18 heavy (non-hydrogen) atoms. The maximum absolute atomic E-state index is 11.9. The summed E-state index contributed by atoms with van der Waals surface area (Å²) < 4.78 is 4.92. The van der Waals surface area contributed by atoms with Gasteiger partial charge in [-0.25, -0.2) is 9.97 Å². The van der Waals surface area contributed by atoms with E-state index in [-0.39, 0.29) is 23.0 Å². The van der Waals surface area contributed by atoms with Gasteiger partial charge in [-0.3, -0.25) is 10.1 Å². The van der Waals surface area contributed by atoms with Crippen LogP contribution in [0.4, 0.5) is 5.95 Å². The molecule has 0 bridgehead atoms. The van der Waals surface area contributed by atoms with Gasteiger partial charge in [0.25, 0.3) is 5.91 Å². The molecule has 6 nitrogen and oxygen atoms in total. The van der Waals surface area contributed by atoms with E-state index in [2.05, 4.69) is 15.3 Å². The Morgan fingerprint density at radius 2 is 2.00 bits per heavy atom. The number of hydrogen-bond acceptors (Lipinski definition) is 5. The van der Waals surface area contributed by atoms with Crippen LogP contribution in [0.25, 0.3) is 0 Å². The van der Waals surface area contributed by atoms with E-state index >= 15 is 0 Å². The Bertz CT molecular complexity index is 558. The highest BCUT2D eigenvalue weighted by Gasteiger charge is 2.15. The van der Waals surface area contributed by atoms with Crippen molar-refractivity contribution in [3.05, 3.63) is 42.2 Å². The van der Waals surface area contributed by atoms with Crippen molar-refractivity contribution in [1.82, 2.24) is 9.97 Å². The summed E-state index contributed by atoms with van der Waals surface area (Å²) in [5.74, 6) is -0.313. The quantitative estimate of drug-likeness (QED) is 0.854. The van der Waals surface area contributed by atoms with Crippen LogP contribution in [-0.2, 0) is 0 Å². The van der Waals surface area contributed by atoms with Gasteiger partial charge in [-0.15, -0.1) is 0 Å². The number of carbonyl (C=O) groups excluding carboxylic acids is 1. The number of aromatic nitrogens is 2. The highest BCUT2D eigenvalue weighted by Crippen LogP contribution is 2.29. The van der Waals surface area contributed by atoms with Crippen molar-refractivity contribution in [3.63, 3.8) is 0 Å². The van der Waals surface area contributed by atoms with Crippen LogP contribution in [0.5, 0.6) is 11.5 Å². The summed E-state index contributed by atoms with van der Waals surface area (Å²) in [6, 6.07) is 6.29. The van der Waals surface area contributed by atoms with Crippen molar-refractivity contribution in [2.75, 3.05) is 12.4 Å². The molecule has 0 fully saturated rings. The SMILES string of the molecule is COc1cccc(C(=O)Nc2ncccn2)c1O. The van der Waals surface area contributed by atoms with Gasteiger partial charge in [-0.2, -0.15) is 0 Å². The number of nitrogens with zero attached hydrogens (tertiary/aromatic N) is 2. The van der Waals surface area contributed by atoms with Gasteiger partial charge >= 0.3 is 0 Å². The Morgan fingerprint density at radius 3 is 2.67 bits per heavy atom. The molecule has 0 unspecified atom stereocenters. The number of para-hydroxylation sites is 1. The van der Waals surface area contributed by atoms with Crippen LogP contribution in [0.2, 0.25) is 0 Å². The Morgan fingerprint density at radius 1 is 1.28 bits per heavy atom. The maximum Gasteiger partial charge on any atom is 0.261 e. The number of hydrogen-bond donors (Lipinski definition) is 2. The summed E-state index contributed by atoms with van der Waals surface area (Å²) in [6.07, 6.45) is 3.02. The van der Waals surface area contributed by atoms with E-state index in [1.165, 1.54) is 25.6 Å². The molecule has 2 aromatic rings. The average molecular weight is 245 g/mol. The lowest BCUT2D eigenvalue weighted by Crippen LogP contribution is -2.14. The summed E-state index contributed by atoms with van der Waals surface area (Å²) in [4.78, 5) is 19.6. The van der Waals surface area contributed by atoms with Crippen molar-refractivity contribution in [2.24, 2.45) is 0 Å². The lowest BCUT2D eigenvalue weighted by atomic mass is 10.1. The second-order valence-corrected chi connectivity index (χ2v) is 3.38. The van der Waals surface area contributed by atoms with E-state index in [1.54, 1.807) is 18.2 Å². The summed E-state index contributed by atoms with van der Waals surface area (Å²) in [6.45, 7) is 0. The van der Waals surface area contributed by atoms with Gasteiger partial charge < -0.3 is 9.84 Å². The van der Waals surface area contributed by atoms with Crippen molar-refractivity contribution in [1.29, 1.82) is 0 Å². The van der Waals surface area contributed by atoms with Gasteiger partial charge in [0.2, 0.25) is 5.95 Å². The van der Waals surface area contributed by atoms with Crippen molar-refractivity contribution >= 4 is 11.9 Å². The normalized spacial score (nSPS) is 9.83. The number of benzene rings is 1. The molecule has 0 atom stereocenters. The second-order valence-electron chi connectivity index (χ2n) is 3.38. The van der Waals surface area contributed by atoms with Crippen LogP contribution in [-0.4, -0.2) is 28.1 Å². The number of nitrogens with one attached hydrogen (secondary N) is 1. The molecule has 92 valence electrons. The monoisotopic (exact) mass is 245 g/mol. The molecule has 1 heterocycles. The molecule has 6 heteroatoms. The maximum atomic E-state index is 11.9. The average Bonchev–Trinajstić information content (AvgIpc) is 2.40. The molecule has 2 rings (SSSR count). The third kappa shape index (κ3) is 2.37. The van der Waals surface area contributed by atoms with Gasteiger partial charge in [0, 0.05) is 12.4 Å². The molecule has 1 amide bonds. The van der Waals surface area contributed by atoms with Gasteiger partial charge in [0.05, 0.1) is 12.7 Å². The number of phenolic OH excluding ortho intramolecular Hbond substituents is 1. The number of aromatic hydroxyl groups is 1. The van der Waals surface area contributed by atoms with Gasteiger partial charge in [-0.1, -0.05) is 6.07 Å². The number of ether oxygens (including phenoxy) is 1. The summed E-state index contributed by atoms with van der Waals surface area (Å²) in [5, 5.41) is 12.3. The summed E-state index contributed by atoms with van der Waals surface area (Å²) >= 11 is 0. The third-order valence-electron chi connectivity index (χ3n) is 2.25. The fourth-order valence-corrected chi connectivity index (χ4v) is 1.40. The predicted molar refractivity (Wildman–Crippen MR) is 64.6 cm³/mol. The largest absolute Gasteiger partial charge is 0.504 e. The number of anilines is 1. The summed E-state index contributed by atoms with van der Waals surface area (Å²) in [7, 11) is 1.41. The highest BCUT2D eigenvalue weighted by molar-refractivity contribution is 6.05. The smallest absolute Gasteiger partial charge is 0.261 e. The molecule has 0 aliphatic carbocycles. The lowest BCUT2D eigenvalue weighted by Gasteiger charge is -2.08. The van der Waals surface area contributed by atoms with Crippen LogP contribution in [0.1, 0.15) is 10.4 Å². The molecular formula is C12H11N3O3. The lowest BCUT2D eigenvalue weighted by molar-refractivity contribution is 0.102. The van der Waals surface area contributed by atoms with Gasteiger partial charge in [0.1, 0.15) is 0 Å². The van der Waals surface area contributed by atoms with Crippen LogP contribution in [0.15, 0.2) is 36.7 Å². The number of carbonyl (C=O) groups is 1. The fraction of sp³-hybridized carbons (Fsp3) is 0.0833. The van der Waals surface area contributed by atoms with E-state index in [0.717, 1.165) is 0 Å². The first-order valence-electron chi connectivity index (χ1n) is 5.16. The van der Waals surface area contributed by atoms with Crippen molar-refractivity contribution in [2.45, 2.75) is 0 Å². The van der Waals surface area contributed by atoms with E-state index in [1.807, 2.05) is 0 Å². The van der Waals surface area contributed by atoms with Crippen LogP contribution < -0.4 is 10.1 Å². The zero-order chi connectivity index (χ0) is 13.0. The number of phenols is 1. The standard InChI is InChI=1S/C12H11N3O3/c1-18-9-5-2-4-8(10(9)16)11(17)15-12-13-6-3-7-14-12/h2-7,16H,1H3,(H,13,14,15,17). The minimum atomic E-state index is -0.502. The Kier molecular flexibility index (Phi) is 3.38. The van der Waals surface area contributed by atoms with E-state index in [0.29, 0.717) is 0 Å². The summed E-state index contributed by atoms with van der Waals surface area (Å²) in [5.41, 5.74) is 0.0989. The molecule has 0 saturated heterocycles. The molecule has 1 aromatic carbocycles. The molecule has 0 radical (unpaired) electrons. The zero-order valence-electron chi connectivity index (χ0n) is 9.62. The Labute approximate surface area is 103 Å². The molecule has 0 aliphatic heterocycles. The van der Waals surface area contributed by atoms with Gasteiger partial charge in [-0.05, 0) is 18.2 Å². The van der Waals surface area contributed by atoms with E-state index in [9.17, 15) is 9.90 Å². The topological polar surface area (TPSA) is 84.3 Å². The molecule has 0 spiro atoms. The highest BCUT2D eigenvalue weighted by atomic mass is 16.5. The van der Waals surface area contributed by atoms with E-state index < -0.39 is 5.91 Å². The molecular weight excluding hydrogens is 234 g/mol. The number of methoxy groups -OCH3 is 1. The van der Waals surface area contributed by atoms with Crippen molar-refractivity contribution in [3.8, 4) is 11.5 Å². The molecule has 0 aliphatic rings. The van der Waals surface area contributed by atoms with Crippen LogP contribution in [0.3, 0.4) is 0 Å². The second kappa shape index (κ2) is 5.13. The van der Waals surface area contributed by atoms with Crippen molar-refractivity contribution < 1.29 is 14.6 Å². The number of rotatable bonds is 3. The minimum Gasteiger partial charge on any atom is -0.504 e. The first-order valence-corrected chi connectivity index (χ1v) is 5.16. The van der Waals surface area contributed by atoms with E-state index in [4.69, 9.17) is 4.74 Å². The minimum absolute atomic E-state index is 0.0989. The molecule has 1 aromatic heterocycles. The first-order chi connectivity index (χ1) is 8.72. The molecule has 0 saturated carbocycles. The first kappa shape index (κ1) is 11.8. The Hall–Kier alpha value is -2.63. The fourth-order valence-electron chi connectivity index (χ4n) is 1.40. The number of amides is 1. The molecule has 2 N–H and O–H groups in total. The van der Waals surface area contributed by atoms with Crippen LogP contribution >= 0.6 is 0 Å². The Balaban J connectivity index is 2.24. The predicted octanol–water partition coefficient (Wildman–Crippen LogP) is 1.44. The zero-order valence-corrected chi connectivity index (χ0v) is 9.62. The van der Waals surface area contributed by atoms with Gasteiger partial charge in [0.15, 0.2) is 11.5 Å². The third-order valence-corrected chi connectivity index (χ3v) is 2.25. The van der Waals surface area contributed by atoms with Crippen LogP contribution in [0, 0.1) is 0 Å².